The molecule has 6 rings (SSSR count). The maximum Gasteiger partial charge on any atom is 0.162 e. The molecule has 2 aliphatic rings. The second-order valence-corrected chi connectivity index (χ2v) is 12.9. The number of carbonyl (C=O) groups is 1. The first kappa shape index (κ1) is 34.7. The first-order valence-corrected chi connectivity index (χ1v) is 15.5. The van der Waals surface area contributed by atoms with Crippen LogP contribution in [-0.2, 0) is 30.3 Å². The Hall–Kier alpha value is -2.81. The topological polar surface area (TPSA) is 50.2 Å². The Labute approximate surface area is 272 Å². The molecule has 231 valence electrons. The molecule has 3 aromatic carbocycles. The average molecular weight is 755 g/mol. The van der Waals surface area contributed by atoms with Crippen molar-refractivity contribution in [3.63, 3.8) is 0 Å². The minimum atomic E-state index is 0. The molecule has 2 aliphatic carbocycles. The van der Waals surface area contributed by atoms with E-state index < -0.39 is 0 Å². The maximum atomic E-state index is 12.0. The van der Waals surface area contributed by atoms with Crippen LogP contribution in [0.15, 0.2) is 78.6 Å². The number of fused-ring (bicyclic) bond motifs is 2. The number of benzene rings is 3. The van der Waals surface area contributed by atoms with Gasteiger partial charge in [0.25, 0.3) is 0 Å². The van der Waals surface area contributed by atoms with Gasteiger partial charge in [-0.15, -0.1) is 29.1 Å². The molecule has 1 radical (unpaired) electrons. The Kier molecular flexibility index (Phi) is 12.7. The first-order valence-electron chi connectivity index (χ1n) is 15.5. The first-order chi connectivity index (χ1) is 19.8. The summed E-state index contributed by atoms with van der Waals surface area (Å²) in [5.41, 5.74) is 4.52. The van der Waals surface area contributed by atoms with Crippen LogP contribution < -0.4 is 0 Å². The van der Waals surface area contributed by atoms with E-state index in [9.17, 15) is 9.90 Å². The predicted molar refractivity (Wildman–Crippen MR) is 178 cm³/mol. The molecule has 43 heavy (non-hydrogen) atoms. The van der Waals surface area contributed by atoms with Gasteiger partial charge >= 0.3 is 0 Å². The minimum Gasteiger partial charge on any atom is -0.512 e. The number of allylic oxidation sites excluding steroid dienone is 2. The number of ketones is 1. The zero-order valence-electron chi connectivity index (χ0n) is 25.3. The number of hydrogen-bond acceptors (Lipinski definition) is 3. The molecule has 0 aliphatic heterocycles. The summed E-state index contributed by atoms with van der Waals surface area (Å²) < 4.78 is 0. The zero-order chi connectivity index (χ0) is 28.8. The van der Waals surface area contributed by atoms with Gasteiger partial charge in [-0.3, -0.25) is 9.78 Å². The Bertz CT molecular complexity index is 1520. The standard InChI is InChI=1S/C23H20N.C15H24O2.CH4.Ir/c1-23(2,3)18-13-11-17-12-14-21(24-22(17)15-18)20-10-6-8-16-7-4-5-9-19(16)20;16-14(12-7-3-1-4-8-12)11-15(17)13-9-5-2-6-10-13;;/h4-9,11-15H,1-3H3;11-13,16H,1-10H2;1H4;/q-1;;;. The number of aliphatic hydroxyl groups is 1. The number of aliphatic hydroxyl groups excluding tert-OH is 1. The maximum absolute atomic E-state index is 12.0. The van der Waals surface area contributed by atoms with Gasteiger partial charge in [0.05, 0.1) is 11.3 Å². The molecule has 2 saturated carbocycles. The average Bonchev–Trinajstić information content (AvgIpc) is 3.01. The van der Waals surface area contributed by atoms with Crippen LogP contribution in [0.1, 0.15) is 98.0 Å². The molecule has 0 amide bonds. The molecule has 1 aromatic heterocycles. The van der Waals surface area contributed by atoms with Crippen molar-refractivity contribution in [1.29, 1.82) is 0 Å². The van der Waals surface area contributed by atoms with E-state index in [0.717, 1.165) is 42.5 Å². The summed E-state index contributed by atoms with van der Waals surface area (Å²) in [6.07, 6.45) is 13.0. The van der Waals surface area contributed by atoms with Gasteiger partial charge in [-0.25, -0.2) is 0 Å². The van der Waals surface area contributed by atoms with Gasteiger partial charge < -0.3 is 5.11 Å². The van der Waals surface area contributed by atoms with Gasteiger partial charge in [-0.05, 0) is 53.8 Å². The summed E-state index contributed by atoms with van der Waals surface area (Å²) in [4.78, 5) is 17.0. The molecule has 2 fully saturated rings. The van der Waals surface area contributed by atoms with Crippen molar-refractivity contribution in [2.75, 3.05) is 0 Å². The monoisotopic (exact) mass is 755 g/mol. The SMILES string of the molecule is C.CC(C)(C)c1ccc2ccc(-c3[c-]ccc4ccccc34)nc2c1.O=C(C=C(O)C1CCCCC1)C1CCCCC1.[Ir]. The largest absolute Gasteiger partial charge is 0.512 e. The quantitative estimate of drug-likeness (QED) is 0.128. The molecule has 0 unspecified atom stereocenters. The molecule has 4 heteroatoms. The van der Waals surface area contributed by atoms with Crippen molar-refractivity contribution in [3.8, 4) is 11.3 Å². The Morgan fingerprint density at radius 3 is 2.14 bits per heavy atom. The molecule has 1 heterocycles. The molecular weight excluding hydrogens is 707 g/mol. The van der Waals surface area contributed by atoms with E-state index >= 15 is 0 Å². The number of rotatable bonds is 4. The van der Waals surface area contributed by atoms with Gasteiger partial charge in [0, 0.05) is 38.0 Å². The number of hydrogen-bond donors (Lipinski definition) is 1. The molecule has 0 spiro atoms. The van der Waals surface area contributed by atoms with Crippen LogP contribution in [-0.4, -0.2) is 15.9 Å². The van der Waals surface area contributed by atoms with Crippen molar-refractivity contribution >= 4 is 27.5 Å². The molecule has 1 N–H and O–H groups in total. The molecular formula is C39H48IrNO2-. The Morgan fingerprint density at radius 1 is 0.837 bits per heavy atom. The minimum absolute atomic E-state index is 0. The number of carbonyl (C=O) groups excluding carboxylic acids is 1. The zero-order valence-corrected chi connectivity index (χ0v) is 27.7. The second kappa shape index (κ2) is 15.8. The fourth-order valence-corrected chi connectivity index (χ4v) is 6.26. The molecule has 4 aromatic rings. The number of pyridine rings is 1. The second-order valence-electron chi connectivity index (χ2n) is 12.9. The van der Waals surface area contributed by atoms with Gasteiger partial charge in [-0.2, -0.15) is 0 Å². The van der Waals surface area contributed by atoms with E-state index in [1.807, 2.05) is 6.07 Å². The molecule has 3 nitrogen and oxygen atoms in total. The van der Waals surface area contributed by atoms with Crippen molar-refractivity contribution in [2.24, 2.45) is 11.8 Å². The number of aromatic nitrogens is 1. The summed E-state index contributed by atoms with van der Waals surface area (Å²) in [6.45, 7) is 6.70. The van der Waals surface area contributed by atoms with E-state index in [4.69, 9.17) is 4.98 Å². The Balaban J connectivity index is 0.000000238. The van der Waals surface area contributed by atoms with E-state index in [1.165, 1.54) is 60.2 Å². The van der Waals surface area contributed by atoms with Gasteiger partial charge in [0.15, 0.2) is 5.78 Å². The van der Waals surface area contributed by atoms with E-state index in [2.05, 4.69) is 87.5 Å². The third kappa shape index (κ3) is 8.87. The summed E-state index contributed by atoms with van der Waals surface area (Å²) >= 11 is 0. The number of nitrogens with zero attached hydrogens (tertiary/aromatic N) is 1. The van der Waals surface area contributed by atoms with E-state index in [1.54, 1.807) is 6.08 Å². The van der Waals surface area contributed by atoms with Crippen molar-refractivity contribution < 1.29 is 30.0 Å². The van der Waals surface area contributed by atoms with Gasteiger partial charge in [0.2, 0.25) is 0 Å². The molecule has 0 atom stereocenters. The summed E-state index contributed by atoms with van der Waals surface area (Å²) in [7, 11) is 0. The van der Waals surface area contributed by atoms with Crippen molar-refractivity contribution in [1.82, 2.24) is 4.98 Å². The van der Waals surface area contributed by atoms with Gasteiger partial charge in [0.1, 0.15) is 0 Å². The fourth-order valence-electron chi connectivity index (χ4n) is 6.26. The van der Waals surface area contributed by atoms with Crippen LogP contribution in [0, 0.1) is 17.9 Å². The normalized spacial score (nSPS) is 16.5. The predicted octanol–water partition coefficient (Wildman–Crippen LogP) is 10.9. The van der Waals surface area contributed by atoms with Crippen LogP contribution in [0.5, 0.6) is 0 Å². The van der Waals surface area contributed by atoms with Crippen molar-refractivity contribution in [3.05, 3.63) is 90.2 Å². The van der Waals surface area contributed by atoms with Gasteiger partial charge in [-0.1, -0.05) is 121 Å². The van der Waals surface area contributed by atoms with E-state index in [-0.39, 0.29) is 50.6 Å². The fraction of sp³-hybridized carbons (Fsp3) is 0.436. The third-order valence-electron chi connectivity index (χ3n) is 8.86. The smallest absolute Gasteiger partial charge is 0.162 e. The summed E-state index contributed by atoms with van der Waals surface area (Å²) in [5, 5.41) is 13.6. The summed E-state index contributed by atoms with van der Waals surface area (Å²) in [5.74, 6) is 0.985. The Morgan fingerprint density at radius 2 is 1.47 bits per heavy atom. The van der Waals surface area contributed by atoms with Crippen LogP contribution in [0.4, 0.5) is 0 Å². The van der Waals surface area contributed by atoms with E-state index in [0.29, 0.717) is 5.76 Å². The molecule has 0 bridgehead atoms. The van der Waals surface area contributed by atoms with Crippen LogP contribution in [0.3, 0.4) is 0 Å². The summed E-state index contributed by atoms with van der Waals surface area (Å²) in [6, 6.07) is 26.7. The third-order valence-corrected chi connectivity index (χ3v) is 8.86. The van der Waals surface area contributed by atoms with Crippen LogP contribution in [0.2, 0.25) is 0 Å². The van der Waals surface area contributed by atoms with Crippen LogP contribution >= 0.6 is 0 Å². The van der Waals surface area contributed by atoms with Crippen molar-refractivity contribution in [2.45, 2.75) is 97.8 Å². The van der Waals surface area contributed by atoms with Crippen LogP contribution in [0.25, 0.3) is 32.9 Å². The molecule has 0 saturated heterocycles.